The largest absolute Gasteiger partial charge is 0.325 e. The number of fused-ring (bicyclic) bond motifs is 1. The lowest BCUT2D eigenvalue weighted by molar-refractivity contribution is -0.117. The fourth-order valence-electron chi connectivity index (χ4n) is 3.70. The van der Waals surface area contributed by atoms with Crippen LogP contribution in [0, 0.1) is 13.8 Å². The molecule has 1 heterocycles. The Morgan fingerprint density at radius 3 is 2.18 bits per heavy atom. The van der Waals surface area contributed by atoms with Gasteiger partial charge in [-0.2, -0.15) is 0 Å². The number of aryl methyl sites for hydroxylation is 2. The zero-order valence-electron chi connectivity index (χ0n) is 19.4. The van der Waals surface area contributed by atoms with Gasteiger partial charge < -0.3 is 5.32 Å². The molecule has 4 rings (SSSR count). The minimum atomic E-state index is -0.500. The van der Waals surface area contributed by atoms with Crippen LogP contribution in [0.15, 0.2) is 77.6 Å². The van der Waals surface area contributed by atoms with Crippen LogP contribution in [-0.4, -0.2) is 21.4 Å². The summed E-state index contributed by atoms with van der Waals surface area (Å²) in [6, 6.07) is 22.3. The Balaban J connectivity index is 1.73. The molecule has 0 aliphatic heterocycles. The highest BCUT2D eigenvalue weighted by atomic mass is 16.2. The quantitative estimate of drug-likeness (QED) is 0.473. The molecule has 0 aliphatic carbocycles. The van der Waals surface area contributed by atoms with Crippen LogP contribution in [0.4, 0.5) is 11.5 Å². The average molecular weight is 455 g/mol. The molecule has 172 valence electrons. The van der Waals surface area contributed by atoms with Gasteiger partial charge >= 0.3 is 0 Å². The molecule has 7 heteroatoms. The van der Waals surface area contributed by atoms with Gasteiger partial charge in [-0.3, -0.25) is 23.9 Å². The van der Waals surface area contributed by atoms with Gasteiger partial charge in [0.25, 0.3) is 5.56 Å². The molecule has 1 N–H and O–H groups in total. The first-order valence-electron chi connectivity index (χ1n) is 11.0. The molecule has 1 aromatic heterocycles. The Hall–Kier alpha value is -4.26. The lowest BCUT2D eigenvalue weighted by atomic mass is 10.1. The van der Waals surface area contributed by atoms with E-state index in [2.05, 4.69) is 10.3 Å². The molecule has 7 nitrogen and oxygen atoms in total. The minimum absolute atomic E-state index is 0.00471. The molecular weight excluding hydrogens is 428 g/mol. The second kappa shape index (κ2) is 9.70. The first-order valence-corrected chi connectivity index (χ1v) is 11.0. The normalized spacial score (nSPS) is 10.8. The van der Waals surface area contributed by atoms with E-state index in [0.717, 1.165) is 16.7 Å². The Bertz CT molecular complexity index is 1410. The second-order valence-corrected chi connectivity index (χ2v) is 8.32. The van der Waals surface area contributed by atoms with Crippen molar-refractivity contribution in [2.24, 2.45) is 0 Å². The number of amides is 2. The van der Waals surface area contributed by atoms with E-state index in [0.29, 0.717) is 16.7 Å². The molecule has 0 spiro atoms. The van der Waals surface area contributed by atoms with E-state index in [1.54, 1.807) is 24.3 Å². The number of nitrogens with one attached hydrogen (secondary N) is 1. The summed E-state index contributed by atoms with van der Waals surface area (Å²) in [6.07, 6.45) is 0. The van der Waals surface area contributed by atoms with Crippen molar-refractivity contribution in [1.82, 2.24) is 9.55 Å². The number of aromatic nitrogens is 2. The zero-order valence-corrected chi connectivity index (χ0v) is 19.4. The number of carbonyl (C=O) groups is 2. The number of nitrogens with zero attached hydrogens (tertiary/aromatic N) is 3. The third kappa shape index (κ3) is 5.04. The fourth-order valence-corrected chi connectivity index (χ4v) is 3.70. The smallest absolute Gasteiger partial charge is 0.294 e. The summed E-state index contributed by atoms with van der Waals surface area (Å²) in [5.74, 6) is -0.660. The van der Waals surface area contributed by atoms with E-state index < -0.39 is 5.56 Å². The molecule has 0 bridgehead atoms. The van der Waals surface area contributed by atoms with Crippen LogP contribution in [0.5, 0.6) is 0 Å². The van der Waals surface area contributed by atoms with Crippen molar-refractivity contribution in [2.45, 2.75) is 33.9 Å². The van der Waals surface area contributed by atoms with E-state index in [4.69, 9.17) is 0 Å². The number of benzene rings is 3. The molecule has 0 saturated carbocycles. The summed E-state index contributed by atoms with van der Waals surface area (Å²) in [6.45, 7) is 5.34. The molecule has 0 radical (unpaired) electrons. The third-order valence-electron chi connectivity index (χ3n) is 5.57. The van der Waals surface area contributed by atoms with E-state index in [1.807, 2.05) is 62.4 Å². The maximum atomic E-state index is 13.5. The van der Waals surface area contributed by atoms with Crippen LogP contribution in [0.1, 0.15) is 23.6 Å². The highest BCUT2D eigenvalue weighted by molar-refractivity contribution is 5.93. The molecule has 0 saturated heterocycles. The number of hydrogen-bond donors (Lipinski definition) is 1. The van der Waals surface area contributed by atoms with Gasteiger partial charge in [0.1, 0.15) is 6.54 Å². The Kier molecular flexibility index (Phi) is 6.54. The summed E-state index contributed by atoms with van der Waals surface area (Å²) in [7, 11) is 0. The maximum Gasteiger partial charge on any atom is 0.294 e. The van der Waals surface area contributed by atoms with Crippen LogP contribution in [-0.2, 0) is 22.7 Å². The van der Waals surface area contributed by atoms with E-state index in [1.165, 1.54) is 16.4 Å². The summed E-state index contributed by atoms with van der Waals surface area (Å²) in [5.41, 5.74) is 4.25. The zero-order chi connectivity index (χ0) is 24.2. The molecule has 2 amide bonds. The molecule has 0 atom stereocenters. The van der Waals surface area contributed by atoms with Gasteiger partial charge in [0.15, 0.2) is 0 Å². The fraction of sp³-hybridized carbons (Fsp3) is 0.185. The molecule has 3 aromatic carbocycles. The van der Waals surface area contributed by atoms with Gasteiger partial charge in [0.05, 0.1) is 17.6 Å². The number of carbonyl (C=O) groups excluding carboxylic acids is 2. The van der Waals surface area contributed by atoms with Crippen molar-refractivity contribution in [1.29, 1.82) is 0 Å². The molecule has 4 aromatic rings. The van der Waals surface area contributed by atoms with E-state index in [9.17, 15) is 14.4 Å². The molecule has 0 fully saturated rings. The third-order valence-corrected chi connectivity index (χ3v) is 5.57. The predicted octanol–water partition coefficient (Wildman–Crippen LogP) is 4.21. The maximum absolute atomic E-state index is 13.5. The second-order valence-electron chi connectivity index (χ2n) is 8.32. The SMILES string of the molecule is CC(=O)N(Cc1ccc(C)cc1)c1nc2ccccc2n(CC(=O)Nc2ccc(C)cc2)c1=O. The number of anilines is 2. The van der Waals surface area contributed by atoms with Gasteiger partial charge in [-0.25, -0.2) is 4.98 Å². The van der Waals surface area contributed by atoms with Crippen molar-refractivity contribution < 1.29 is 9.59 Å². The van der Waals surface area contributed by atoms with Gasteiger partial charge in [0, 0.05) is 12.6 Å². The Morgan fingerprint density at radius 2 is 1.53 bits per heavy atom. The summed E-state index contributed by atoms with van der Waals surface area (Å²) in [4.78, 5) is 44.8. The highest BCUT2D eigenvalue weighted by Gasteiger charge is 2.21. The monoisotopic (exact) mass is 454 g/mol. The Morgan fingerprint density at radius 1 is 0.912 bits per heavy atom. The number of rotatable bonds is 6. The summed E-state index contributed by atoms with van der Waals surface area (Å²) in [5, 5.41) is 2.83. The van der Waals surface area contributed by atoms with Crippen LogP contribution >= 0.6 is 0 Å². The number of para-hydroxylation sites is 2. The average Bonchev–Trinajstić information content (AvgIpc) is 2.82. The van der Waals surface area contributed by atoms with E-state index in [-0.39, 0.29) is 30.7 Å². The molecule has 34 heavy (non-hydrogen) atoms. The van der Waals surface area contributed by atoms with Crippen LogP contribution < -0.4 is 15.8 Å². The van der Waals surface area contributed by atoms with Gasteiger partial charge in [-0.1, -0.05) is 59.7 Å². The standard InChI is InChI=1S/C27H26N4O3/c1-18-8-12-21(13-9-18)16-30(20(3)32)26-27(34)31(24-7-5-4-6-23(24)29-26)17-25(33)28-22-14-10-19(2)11-15-22/h4-15H,16-17H2,1-3H3,(H,28,33). The van der Waals surface area contributed by atoms with Crippen molar-refractivity contribution >= 4 is 34.4 Å². The van der Waals surface area contributed by atoms with Crippen molar-refractivity contribution in [3.05, 3.63) is 99.8 Å². The predicted molar refractivity (Wildman–Crippen MR) is 134 cm³/mol. The lowest BCUT2D eigenvalue weighted by Crippen LogP contribution is -2.38. The lowest BCUT2D eigenvalue weighted by Gasteiger charge is -2.21. The minimum Gasteiger partial charge on any atom is -0.325 e. The van der Waals surface area contributed by atoms with Gasteiger partial charge in [-0.05, 0) is 43.7 Å². The molecule has 0 aliphatic rings. The first kappa shape index (κ1) is 22.9. The number of hydrogen-bond acceptors (Lipinski definition) is 4. The first-order chi connectivity index (χ1) is 16.3. The van der Waals surface area contributed by atoms with Crippen molar-refractivity contribution in [3.63, 3.8) is 0 Å². The summed E-state index contributed by atoms with van der Waals surface area (Å²) >= 11 is 0. The highest BCUT2D eigenvalue weighted by Crippen LogP contribution is 2.18. The molecule has 0 unspecified atom stereocenters. The van der Waals surface area contributed by atoms with Crippen molar-refractivity contribution in [3.8, 4) is 0 Å². The van der Waals surface area contributed by atoms with Crippen LogP contribution in [0.3, 0.4) is 0 Å². The van der Waals surface area contributed by atoms with Crippen LogP contribution in [0.25, 0.3) is 11.0 Å². The van der Waals surface area contributed by atoms with Crippen LogP contribution in [0.2, 0.25) is 0 Å². The molecular formula is C27H26N4O3. The van der Waals surface area contributed by atoms with E-state index >= 15 is 0 Å². The van der Waals surface area contributed by atoms with Gasteiger partial charge in [-0.15, -0.1) is 0 Å². The summed E-state index contributed by atoms with van der Waals surface area (Å²) < 4.78 is 1.37. The van der Waals surface area contributed by atoms with Crippen molar-refractivity contribution in [2.75, 3.05) is 10.2 Å². The van der Waals surface area contributed by atoms with Gasteiger partial charge in [0.2, 0.25) is 17.6 Å². The Labute approximate surface area is 197 Å². The topological polar surface area (TPSA) is 84.3 Å².